The molecule has 0 amide bonds. The molecule has 1 aliphatic rings. The lowest BCUT2D eigenvalue weighted by Crippen LogP contribution is -2.35. The number of pyridine rings is 1. The zero-order valence-corrected chi connectivity index (χ0v) is 12.9. The number of aryl methyl sites for hydroxylation is 2. The summed E-state index contributed by atoms with van der Waals surface area (Å²) in [6, 6.07) is 4.80. The lowest BCUT2D eigenvalue weighted by atomic mass is 10.1. The highest BCUT2D eigenvalue weighted by Gasteiger charge is 2.25. The first-order valence-electron chi connectivity index (χ1n) is 7.73. The minimum Gasteiger partial charge on any atom is -0.298 e. The highest BCUT2D eigenvalue weighted by atomic mass is 15.4. The van der Waals surface area contributed by atoms with Crippen LogP contribution in [0.2, 0.25) is 0 Å². The monoisotopic (exact) mass is 285 g/mol. The largest absolute Gasteiger partial charge is 0.298 e. The second kappa shape index (κ2) is 6.35. The van der Waals surface area contributed by atoms with Crippen LogP contribution in [-0.2, 0) is 13.0 Å². The van der Waals surface area contributed by atoms with Gasteiger partial charge in [0, 0.05) is 25.0 Å². The summed E-state index contributed by atoms with van der Waals surface area (Å²) in [5, 5.41) is 4.50. The zero-order valence-electron chi connectivity index (χ0n) is 12.9. The van der Waals surface area contributed by atoms with E-state index in [4.69, 9.17) is 0 Å². The molecule has 1 unspecified atom stereocenters. The Hall–Kier alpha value is -1.75. The van der Waals surface area contributed by atoms with Crippen LogP contribution in [0.4, 0.5) is 0 Å². The van der Waals surface area contributed by atoms with E-state index in [1.165, 1.54) is 24.9 Å². The van der Waals surface area contributed by atoms with Crippen molar-refractivity contribution >= 4 is 0 Å². The number of likely N-dealkylation sites (tertiary alicyclic amines) is 1. The lowest BCUT2D eigenvalue weighted by Gasteiger charge is -2.24. The fourth-order valence-electron chi connectivity index (χ4n) is 3.15. The zero-order chi connectivity index (χ0) is 14.7. The van der Waals surface area contributed by atoms with Crippen molar-refractivity contribution in [2.75, 3.05) is 13.1 Å². The molecular formula is C16H23N5. The number of aromatic nitrogens is 4. The van der Waals surface area contributed by atoms with Crippen molar-refractivity contribution in [1.82, 2.24) is 24.6 Å². The lowest BCUT2D eigenvalue weighted by molar-refractivity contribution is 0.228. The Labute approximate surface area is 126 Å². The first-order valence-corrected chi connectivity index (χ1v) is 7.73. The van der Waals surface area contributed by atoms with Crippen LogP contribution in [0.25, 0.3) is 0 Å². The Bertz CT molecular complexity index is 578. The highest BCUT2D eigenvalue weighted by Crippen LogP contribution is 2.19. The molecule has 1 fully saturated rings. The van der Waals surface area contributed by atoms with E-state index in [9.17, 15) is 0 Å². The second-order valence-electron chi connectivity index (χ2n) is 5.83. The average molecular weight is 285 g/mol. The van der Waals surface area contributed by atoms with Gasteiger partial charge in [0.25, 0.3) is 0 Å². The van der Waals surface area contributed by atoms with Gasteiger partial charge in [0.05, 0.1) is 6.54 Å². The molecule has 0 spiro atoms. The first-order chi connectivity index (χ1) is 10.2. The molecule has 1 aliphatic heterocycles. The molecule has 0 N–H and O–H groups in total. The van der Waals surface area contributed by atoms with Crippen LogP contribution >= 0.6 is 0 Å². The van der Waals surface area contributed by atoms with Gasteiger partial charge in [-0.25, -0.2) is 9.67 Å². The van der Waals surface area contributed by atoms with Gasteiger partial charge in [-0.1, -0.05) is 0 Å². The van der Waals surface area contributed by atoms with Gasteiger partial charge in [-0.15, -0.1) is 0 Å². The van der Waals surface area contributed by atoms with E-state index in [1.807, 2.05) is 26.2 Å². The standard InChI is InChI=1S/C16H23N5/c1-13-18-14(2)21(19-13)12-16-4-3-10-20(16)11-7-15-5-8-17-9-6-15/h5-6,8-9,16H,3-4,7,10-12H2,1-2H3. The van der Waals surface area contributed by atoms with Crippen LogP contribution in [0.15, 0.2) is 24.5 Å². The molecule has 1 atom stereocenters. The molecule has 3 heterocycles. The third-order valence-corrected chi connectivity index (χ3v) is 4.28. The summed E-state index contributed by atoms with van der Waals surface area (Å²) < 4.78 is 2.06. The Balaban J connectivity index is 1.59. The maximum atomic E-state index is 4.50. The van der Waals surface area contributed by atoms with Gasteiger partial charge in [0.15, 0.2) is 0 Å². The highest BCUT2D eigenvalue weighted by molar-refractivity contribution is 5.10. The molecule has 0 aliphatic carbocycles. The van der Waals surface area contributed by atoms with E-state index >= 15 is 0 Å². The molecule has 2 aromatic rings. The Morgan fingerprint density at radius 3 is 2.76 bits per heavy atom. The van der Waals surface area contributed by atoms with Gasteiger partial charge < -0.3 is 0 Å². The molecule has 3 rings (SSSR count). The Kier molecular flexibility index (Phi) is 4.29. The fourth-order valence-corrected chi connectivity index (χ4v) is 3.15. The molecule has 5 nitrogen and oxygen atoms in total. The maximum Gasteiger partial charge on any atom is 0.147 e. The fraction of sp³-hybridized carbons (Fsp3) is 0.562. The number of hydrogen-bond acceptors (Lipinski definition) is 4. The quantitative estimate of drug-likeness (QED) is 0.843. The second-order valence-corrected chi connectivity index (χ2v) is 5.83. The molecule has 0 aromatic carbocycles. The minimum absolute atomic E-state index is 0.589. The molecule has 0 saturated carbocycles. The van der Waals surface area contributed by atoms with Crippen molar-refractivity contribution in [1.29, 1.82) is 0 Å². The van der Waals surface area contributed by atoms with Crippen molar-refractivity contribution in [3.8, 4) is 0 Å². The number of hydrogen-bond donors (Lipinski definition) is 0. The molecule has 112 valence electrons. The van der Waals surface area contributed by atoms with Gasteiger partial charge in [0.2, 0.25) is 0 Å². The third-order valence-electron chi connectivity index (χ3n) is 4.28. The Morgan fingerprint density at radius 2 is 2.05 bits per heavy atom. The van der Waals surface area contributed by atoms with Gasteiger partial charge in [-0.05, 0) is 57.4 Å². The van der Waals surface area contributed by atoms with Crippen LogP contribution in [0, 0.1) is 13.8 Å². The van der Waals surface area contributed by atoms with Crippen molar-refractivity contribution in [3.63, 3.8) is 0 Å². The predicted molar refractivity (Wildman–Crippen MR) is 82.0 cm³/mol. The smallest absolute Gasteiger partial charge is 0.147 e. The van der Waals surface area contributed by atoms with Gasteiger partial charge in [-0.3, -0.25) is 9.88 Å². The van der Waals surface area contributed by atoms with E-state index < -0.39 is 0 Å². The van der Waals surface area contributed by atoms with E-state index in [2.05, 4.69) is 36.8 Å². The van der Waals surface area contributed by atoms with Crippen LogP contribution < -0.4 is 0 Å². The summed E-state index contributed by atoms with van der Waals surface area (Å²) in [6.45, 7) is 7.27. The summed E-state index contributed by atoms with van der Waals surface area (Å²) >= 11 is 0. The first kappa shape index (κ1) is 14.2. The Morgan fingerprint density at radius 1 is 1.24 bits per heavy atom. The molecule has 2 aromatic heterocycles. The SMILES string of the molecule is Cc1nc(C)n(CC2CCCN2CCc2ccncc2)n1. The van der Waals surface area contributed by atoms with Crippen LogP contribution in [0.3, 0.4) is 0 Å². The molecule has 1 saturated heterocycles. The predicted octanol–water partition coefficient (Wildman–Crippen LogP) is 2.00. The maximum absolute atomic E-state index is 4.50. The van der Waals surface area contributed by atoms with Crippen molar-refractivity contribution in [2.24, 2.45) is 0 Å². The topological polar surface area (TPSA) is 46.8 Å². The van der Waals surface area contributed by atoms with Crippen molar-refractivity contribution in [2.45, 2.75) is 45.7 Å². The number of nitrogens with zero attached hydrogens (tertiary/aromatic N) is 5. The summed E-state index contributed by atoms with van der Waals surface area (Å²) in [5.41, 5.74) is 1.36. The van der Waals surface area contributed by atoms with Crippen molar-refractivity contribution < 1.29 is 0 Å². The van der Waals surface area contributed by atoms with Gasteiger partial charge >= 0.3 is 0 Å². The van der Waals surface area contributed by atoms with E-state index in [-0.39, 0.29) is 0 Å². The van der Waals surface area contributed by atoms with E-state index in [0.717, 1.165) is 31.2 Å². The average Bonchev–Trinajstić information content (AvgIpc) is 3.05. The van der Waals surface area contributed by atoms with E-state index in [0.29, 0.717) is 6.04 Å². The summed E-state index contributed by atoms with van der Waals surface area (Å²) in [5.74, 6) is 1.89. The summed E-state index contributed by atoms with van der Waals surface area (Å²) in [7, 11) is 0. The number of rotatable bonds is 5. The third kappa shape index (κ3) is 3.47. The summed E-state index contributed by atoms with van der Waals surface area (Å²) in [6.07, 6.45) is 7.38. The van der Waals surface area contributed by atoms with E-state index in [1.54, 1.807) is 0 Å². The molecular weight excluding hydrogens is 262 g/mol. The van der Waals surface area contributed by atoms with Gasteiger partial charge in [-0.2, -0.15) is 5.10 Å². The molecule has 21 heavy (non-hydrogen) atoms. The van der Waals surface area contributed by atoms with Crippen LogP contribution in [0.1, 0.15) is 30.1 Å². The minimum atomic E-state index is 0.589. The van der Waals surface area contributed by atoms with Crippen LogP contribution in [0.5, 0.6) is 0 Å². The van der Waals surface area contributed by atoms with Crippen LogP contribution in [-0.4, -0.2) is 43.8 Å². The van der Waals surface area contributed by atoms with Gasteiger partial charge in [0.1, 0.15) is 11.6 Å². The molecule has 5 heteroatoms. The molecule has 0 radical (unpaired) electrons. The molecule has 0 bridgehead atoms. The normalized spacial score (nSPS) is 19.2. The van der Waals surface area contributed by atoms with Crippen molar-refractivity contribution in [3.05, 3.63) is 41.7 Å². The summed E-state index contributed by atoms with van der Waals surface area (Å²) in [4.78, 5) is 11.1.